The summed E-state index contributed by atoms with van der Waals surface area (Å²) in [6.07, 6.45) is 1.88. The third-order valence-electron chi connectivity index (χ3n) is 5.93. The van der Waals surface area contributed by atoms with Crippen molar-refractivity contribution in [3.8, 4) is 5.75 Å². The minimum atomic E-state index is -0.545. The van der Waals surface area contributed by atoms with Crippen LogP contribution in [0.25, 0.3) is 0 Å². The maximum absolute atomic E-state index is 12.5. The van der Waals surface area contributed by atoms with Crippen LogP contribution in [0.3, 0.4) is 0 Å². The summed E-state index contributed by atoms with van der Waals surface area (Å²) in [5, 5.41) is 9.72. The van der Waals surface area contributed by atoms with E-state index in [4.69, 9.17) is 16.2 Å². The standard InChI is InChI=1S/C18H26N4O3.C10H12O.C2H6/c1-17(2,3)25-13-7-6-11(15(19)24)8-12(13)10-22-14(23)9-18(4,5)21-16(22)20;1-10(11)6-8-4-2-3-5-9(8)7-10;1-2/h6-8H,9-10H2,1-5H3,(H2,19,24)(H2,20,21);2-5,11H,6-7H2,1H3;1-2H3. The molecule has 0 bridgehead atoms. The van der Waals surface area contributed by atoms with Crippen molar-refractivity contribution < 1.29 is 19.4 Å². The number of nitrogens with zero attached hydrogens (tertiary/aromatic N) is 2. The summed E-state index contributed by atoms with van der Waals surface area (Å²) in [5.74, 6) is 0.0651. The second kappa shape index (κ2) is 12.0. The second-order valence-electron chi connectivity index (χ2n) is 11.5. The molecule has 4 rings (SSSR count). The lowest BCUT2D eigenvalue weighted by molar-refractivity contribution is -0.129. The Hall–Kier alpha value is -3.39. The SMILES string of the molecule is CC.CC1(C)CC(=O)N(Cc2cc(C(N)=O)ccc2OC(C)(C)C)C(N)=N1.CC1(O)Cc2ccccc2C1. The molecule has 2 aromatic rings. The third kappa shape index (κ3) is 8.58. The molecule has 0 spiro atoms. The monoisotopic (exact) mass is 524 g/mol. The van der Waals surface area contributed by atoms with Crippen LogP contribution < -0.4 is 16.2 Å². The van der Waals surface area contributed by atoms with E-state index in [9.17, 15) is 14.7 Å². The maximum Gasteiger partial charge on any atom is 0.248 e. The Morgan fingerprint density at radius 1 is 1.05 bits per heavy atom. The summed E-state index contributed by atoms with van der Waals surface area (Å²) in [4.78, 5) is 29.8. The summed E-state index contributed by atoms with van der Waals surface area (Å²) >= 11 is 0. The van der Waals surface area contributed by atoms with Gasteiger partial charge in [0.15, 0.2) is 5.96 Å². The number of carbonyl (C=O) groups is 2. The number of rotatable bonds is 4. The minimum absolute atomic E-state index is 0.122. The van der Waals surface area contributed by atoms with Crippen molar-refractivity contribution in [2.24, 2.45) is 16.5 Å². The van der Waals surface area contributed by atoms with E-state index in [-0.39, 0.29) is 24.8 Å². The smallest absolute Gasteiger partial charge is 0.248 e. The van der Waals surface area contributed by atoms with Crippen LogP contribution in [-0.2, 0) is 24.2 Å². The molecule has 2 amide bonds. The molecule has 0 saturated heterocycles. The fraction of sp³-hybridized carbons (Fsp3) is 0.500. The van der Waals surface area contributed by atoms with E-state index < -0.39 is 22.6 Å². The number of guanidine groups is 1. The highest BCUT2D eigenvalue weighted by atomic mass is 16.5. The summed E-state index contributed by atoms with van der Waals surface area (Å²) < 4.78 is 5.95. The van der Waals surface area contributed by atoms with Crippen molar-refractivity contribution >= 4 is 17.8 Å². The first kappa shape index (κ1) is 30.8. The molecule has 5 N–H and O–H groups in total. The molecule has 0 unspecified atom stereocenters. The van der Waals surface area contributed by atoms with Gasteiger partial charge in [-0.25, -0.2) is 4.99 Å². The van der Waals surface area contributed by atoms with E-state index in [0.29, 0.717) is 16.9 Å². The lowest BCUT2D eigenvalue weighted by Crippen LogP contribution is -2.49. The Morgan fingerprint density at radius 2 is 1.61 bits per heavy atom. The number of amides is 2. The van der Waals surface area contributed by atoms with Gasteiger partial charge in [0.25, 0.3) is 0 Å². The summed E-state index contributed by atoms with van der Waals surface area (Å²) in [7, 11) is 0. The topological polar surface area (TPSA) is 131 Å². The van der Waals surface area contributed by atoms with E-state index in [0.717, 1.165) is 12.8 Å². The number of fused-ring (bicyclic) bond motifs is 1. The van der Waals surface area contributed by atoms with Crippen molar-refractivity contribution in [3.63, 3.8) is 0 Å². The van der Waals surface area contributed by atoms with Gasteiger partial charge in [0.05, 0.1) is 24.1 Å². The van der Waals surface area contributed by atoms with E-state index >= 15 is 0 Å². The van der Waals surface area contributed by atoms with Gasteiger partial charge in [-0.3, -0.25) is 14.5 Å². The van der Waals surface area contributed by atoms with Gasteiger partial charge in [-0.05, 0) is 70.9 Å². The van der Waals surface area contributed by atoms with Crippen LogP contribution in [0, 0.1) is 0 Å². The molecular weight excluding hydrogens is 480 g/mol. The Bertz CT molecular complexity index is 1150. The summed E-state index contributed by atoms with van der Waals surface area (Å²) in [6, 6.07) is 13.2. The van der Waals surface area contributed by atoms with Gasteiger partial charge in [-0.1, -0.05) is 38.1 Å². The number of benzene rings is 2. The van der Waals surface area contributed by atoms with E-state index in [1.807, 2.05) is 67.5 Å². The minimum Gasteiger partial charge on any atom is -0.488 e. The fourth-order valence-corrected chi connectivity index (χ4v) is 4.41. The first-order valence-corrected chi connectivity index (χ1v) is 13.1. The van der Waals surface area contributed by atoms with E-state index in [1.165, 1.54) is 16.0 Å². The number of hydrogen-bond acceptors (Lipinski definition) is 6. The predicted molar refractivity (Wildman–Crippen MR) is 152 cm³/mol. The second-order valence-corrected chi connectivity index (χ2v) is 11.5. The van der Waals surface area contributed by atoms with Crippen LogP contribution in [-0.4, -0.2) is 44.5 Å². The molecule has 2 aromatic carbocycles. The lowest BCUT2D eigenvalue weighted by Gasteiger charge is -2.33. The number of carbonyl (C=O) groups excluding carboxylic acids is 2. The van der Waals surface area contributed by atoms with Crippen molar-refractivity contribution in [3.05, 3.63) is 64.7 Å². The molecule has 1 aliphatic heterocycles. The Labute approximate surface area is 227 Å². The maximum atomic E-state index is 12.5. The molecular formula is C30H44N4O4. The molecule has 208 valence electrons. The zero-order chi connectivity index (χ0) is 28.9. The molecule has 38 heavy (non-hydrogen) atoms. The fourth-order valence-electron chi connectivity index (χ4n) is 4.41. The Morgan fingerprint density at radius 3 is 2.08 bits per heavy atom. The lowest BCUT2D eigenvalue weighted by atomic mass is 9.98. The number of nitrogens with two attached hydrogens (primary N) is 2. The molecule has 8 nitrogen and oxygen atoms in total. The van der Waals surface area contributed by atoms with Gasteiger partial charge in [-0.2, -0.15) is 0 Å². The quantitative estimate of drug-likeness (QED) is 0.547. The van der Waals surface area contributed by atoms with Crippen molar-refractivity contribution in [2.45, 2.75) is 97.9 Å². The predicted octanol–water partition coefficient (Wildman–Crippen LogP) is 4.35. The van der Waals surface area contributed by atoms with Crippen LogP contribution in [0.5, 0.6) is 5.75 Å². The van der Waals surface area contributed by atoms with Crippen LogP contribution in [0.15, 0.2) is 47.5 Å². The highest BCUT2D eigenvalue weighted by Crippen LogP contribution is 2.30. The number of aliphatic imine (C=N–C) groups is 1. The van der Waals surface area contributed by atoms with Crippen LogP contribution in [0.1, 0.15) is 88.9 Å². The number of primary amides is 1. The zero-order valence-electron chi connectivity index (χ0n) is 24.1. The first-order chi connectivity index (χ1) is 17.6. The molecule has 0 aromatic heterocycles. The highest BCUT2D eigenvalue weighted by Gasteiger charge is 2.33. The molecule has 0 atom stereocenters. The molecule has 0 radical (unpaired) electrons. The van der Waals surface area contributed by atoms with Crippen LogP contribution >= 0.6 is 0 Å². The average molecular weight is 525 g/mol. The van der Waals surface area contributed by atoms with Crippen molar-refractivity contribution in [2.75, 3.05) is 0 Å². The third-order valence-corrected chi connectivity index (χ3v) is 5.93. The van der Waals surface area contributed by atoms with Crippen LogP contribution in [0.2, 0.25) is 0 Å². The van der Waals surface area contributed by atoms with Gasteiger partial charge >= 0.3 is 0 Å². The first-order valence-electron chi connectivity index (χ1n) is 13.1. The largest absolute Gasteiger partial charge is 0.488 e. The Balaban J connectivity index is 0.000000321. The molecule has 8 heteroatoms. The van der Waals surface area contributed by atoms with Gasteiger partial charge in [0, 0.05) is 24.0 Å². The Kier molecular flexibility index (Phi) is 9.72. The molecule has 1 heterocycles. The van der Waals surface area contributed by atoms with E-state index in [2.05, 4.69) is 17.1 Å². The van der Waals surface area contributed by atoms with Gasteiger partial charge in [-0.15, -0.1) is 0 Å². The zero-order valence-corrected chi connectivity index (χ0v) is 24.1. The number of ether oxygens (including phenoxy) is 1. The highest BCUT2D eigenvalue weighted by molar-refractivity contribution is 5.99. The number of aliphatic hydroxyl groups is 1. The summed E-state index contributed by atoms with van der Waals surface area (Å²) in [6.45, 7) is 15.5. The molecule has 1 aliphatic carbocycles. The molecule has 0 saturated carbocycles. The van der Waals surface area contributed by atoms with Crippen molar-refractivity contribution in [1.82, 2.24) is 4.90 Å². The average Bonchev–Trinajstić information content (AvgIpc) is 3.11. The van der Waals surface area contributed by atoms with E-state index in [1.54, 1.807) is 18.2 Å². The van der Waals surface area contributed by atoms with Crippen molar-refractivity contribution in [1.29, 1.82) is 0 Å². The molecule has 2 aliphatic rings. The molecule has 0 fully saturated rings. The van der Waals surface area contributed by atoms with Gasteiger partial charge < -0.3 is 21.3 Å². The van der Waals surface area contributed by atoms with Gasteiger partial charge in [0.2, 0.25) is 11.8 Å². The normalized spacial score (nSPS) is 17.2. The van der Waals surface area contributed by atoms with Crippen LogP contribution in [0.4, 0.5) is 0 Å². The summed E-state index contributed by atoms with van der Waals surface area (Å²) in [5.41, 5.74) is 13.5. The number of hydrogen-bond donors (Lipinski definition) is 3. The van der Waals surface area contributed by atoms with Gasteiger partial charge in [0.1, 0.15) is 11.4 Å².